The molecule has 0 saturated carbocycles. The maximum absolute atomic E-state index is 11.9. The number of hydrazine groups is 1. The first-order valence-corrected chi connectivity index (χ1v) is 4.52. The zero-order valence-electron chi connectivity index (χ0n) is 8.32. The van der Waals surface area contributed by atoms with Crippen LogP contribution in [0.25, 0.3) is 0 Å². The molecular formula is C9H17F3N2. The molecule has 1 unspecified atom stereocenters. The zero-order chi connectivity index (χ0) is 11.2. The first-order chi connectivity index (χ1) is 6.35. The predicted octanol–water partition coefficient (Wildman–Crippen LogP) is 2.52. The van der Waals surface area contributed by atoms with Gasteiger partial charge in [-0.2, -0.15) is 13.2 Å². The molecule has 0 aromatic rings. The van der Waals surface area contributed by atoms with Crippen molar-refractivity contribution in [3.63, 3.8) is 0 Å². The van der Waals surface area contributed by atoms with Crippen LogP contribution in [-0.4, -0.2) is 12.2 Å². The van der Waals surface area contributed by atoms with Crippen LogP contribution in [0.5, 0.6) is 0 Å². The van der Waals surface area contributed by atoms with Gasteiger partial charge in [0.15, 0.2) is 0 Å². The molecule has 0 saturated heterocycles. The van der Waals surface area contributed by atoms with Gasteiger partial charge < -0.3 is 0 Å². The summed E-state index contributed by atoms with van der Waals surface area (Å²) in [5.74, 6) is 5.14. The molecule has 0 fully saturated rings. The lowest BCUT2D eigenvalue weighted by atomic mass is 10.0. The fourth-order valence-corrected chi connectivity index (χ4v) is 1.07. The van der Waals surface area contributed by atoms with Crippen molar-refractivity contribution in [2.24, 2.45) is 5.84 Å². The van der Waals surface area contributed by atoms with E-state index >= 15 is 0 Å². The summed E-state index contributed by atoms with van der Waals surface area (Å²) >= 11 is 0. The van der Waals surface area contributed by atoms with Gasteiger partial charge in [0, 0.05) is 12.5 Å². The highest BCUT2D eigenvalue weighted by molar-refractivity contribution is 4.89. The van der Waals surface area contributed by atoms with E-state index in [1.54, 1.807) is 0 Å². The van der Waals surface area contributed by atoms with Crippen LogP contribution in [-0.2, 0) is 0 Å². The number of hydrogen-bond acceptors (Lipinski definition) is 2. The van der Waals surface area contributed by atoms with Crippen molar-refractivity contribution >= 4 is 0 Å². The summed E-state index contributed by atoms with van der Waals surface area (Å²) in [4.78, 5) is 0. The van der Waals surface area contributed by atoms with Crippen LogP contribution in [0.2, 0.25) is 0 Å². The lowest BCUT2D eigenvalue weighted by Crippen LogP contribution is -2.36. The van der Waals surface area contributed by atoms with Gasteiger partial charge in [-0.25, -0.2) is 0 Å². The Morgan fingerprint density at radius 3 is 2.36 bits per heavy atom. The highest BCUT2D eigenvalue weighted by atomic mass is 19.4. The standard InChI is InChI=1S/C9H17F3N2/c1-7(2)3-4-8(14-13)5-6-9(10,11)12/h8,14H,1,3-6,13H2,2H3. The lowest BCUT2D eigenvalue weighted by molar-refractivity contribution is -0.136. The fourth-order valence-electron chi connectivity index (χ4n) is 1.07. The van der Waals surface area contributed by atoms with Gasteiger partial charge in [-0.15, -0.1) is 6.58 Å². The highest BCUT2D eigenvalue weighted by Gasteiger charge is 2.27. The van der Waals surface area contributed by atoms with Crippen molar-refractivity contribution < 1.29 is 13.2 Å². The molecular weight excluding hydrogens is 193 g/mol. The molecule has 0 amide bonds. The number of nitrogens with two attached hydrogens (primary N) is 1. The van der Waals surface area contributed by atoms with Crippen molar-refractivity contribution in [1.29, 1.82) is 0 Å². The molecule has 1 atom stereocenters. The smallest absolute Gasteiger partial charge is 0.271 e. The molecule has 0 aromatic heterocycles. The van der Waals surface area contributed by atoms with E-state index in [1.165, 1.54) is 0 Å². The molecule has 0 heterocycles. The molecule has 5 heteroatoms. The molecule has 0 aliphatic carbocycles. The summed E-state index contributed by atoms with van der Waals surface area (Å²) in [7, 11) is 0. The second kappa shape index (κ2) is 6.03. The van der Waals surface area contributed by atoms with Gasteiger partial charge in [-0.3, -0.25) is 11.3 Å². The third-order valence-corrected chi connectivity index (χ3v) is 1.93. The summed E-state index contributed by atoms with van der Waals surface area (Å²) in [5, 5.41) is 0. The Hall–Kier alpha value is -0.550. The van der Waals surface area contributed by atoms with Gasteiger partial charge in [0.05, 0.1) is 0 Å². The number of rotatable bonds is 6. The number of alkyl halides is 3. The molecule has 0 aliphatic heterocycles. The molecule has 0 radical (unpaired) electrons. The van der Waals surface area contributed by atoms with Crippen LogP contribution in [0.3, 0.4) is 0 Å². The van der Waals surface area contributed by atoms with Crippen LogP contribution in [0.15, 0.2) is 12.2 Å². The van der Waals surface area contributed by atoms with Gasteiger partial charge in [-0.05, 0) is 26.2 Å². The van der Waals surface area contributed by atoms with E-state index in [-0.39, 0.29) is 12.5 Å². The third-order valence-electron chi connectivity index (χ3n) is 1.93. The number of nitrogens with one attached hydrogen (secondary N) is 1. The van der Waals surface area contributed by atoms with Crippen LogP contribution >= 0.6 is 0 Å². The van der Waals surface area contributed by atoms with Crippen LogP contribution in [0.1, 0.15) is 32.6 Å². The largest absolute Gasteiger partial charge is 0.389 e. The molecule has 2 nitrogen and oxygen atoms in total. The third kappa shape index (κ3) is 8.07. The van der Waals surface area contributed by atoms with E-state index in [0.717, 1.165) is 5.57 Å². The molecule has 0 aromatic carbocycles. The first kappa shape index (κ1) is 13.4. The van der Waals surface area contributed by atoms with E-state index in [0.29, 0.717) is 12.8 Å². The maximum Gasteiger partial charge on any atom is 0.389 e. The Bertz CT molecular complexity index is 177. The van der Waals surface area contributed by atoms with Crippen LogP contribution in [0.4, 0.5) is 13.2 Å². The average Bonchev–Trinajstić information content (AvgIpc) is 2.02. The summed E-state index contributed by atoms with van der Waals surface area (Å²) in [6.07, 6.45) is -3.57. The number of halogens is 3. The van der Waals surface area contributed by atoms with Crippen molar-refractivity contribution in [3.8, 4) is 0 Å². The molecule has 84 valence electrons. The van der Waals surface area contributed by atoms with Crippen molar-refractivity contribution in [2.75, 3.05) is 0 Å². The molecule has 3 N–H and O–H groups in total. The monoisotopic (exact) mass is 210 g/mol. The minimum Gasteiger partial charge on any atom is -0.271 e. The topological polar surface area (TPSA) is 38.0 Å². The quantitative estimate of drug-likeness (QED) is 0.401. The molecule has 0 rings (SSSR count). The van der Waals surface area contributed by atoms with Crippen LogP contribution in [0, 0.1) is 0 Å². The second-order valence-electron chi connectivity index (χ2n) is 3.51. The van der Waals surface area contributed by atoms with Crippen molar-refractivity contribution in [1.82, 2.24) is 5.43 Å². The summed E-state index contributed by atoms with van der Waals surface area (Å²) in [6.45, 7) is 5.52. The van der Waals surface area contributed by atoms with E-state index in [9.17, 15) is 13.2 Å². The predicted molar refractivity (Wildman–Crippen MR) is 50.4 cm³/mol. The van der Waals surface area contributed by atoms with E-state index in [1.807, 2.05) is 6.92 Å². The molecule has 14 heavy (non-hydrogen) atoms. The lowest BCUT2D eigenvalue weighted by Gasteiger charge is -2.16. The maximum atomic E-state index is 11.9. The number of allylic oxidation sites excluding steroid dienone is 1. The number of hydrogen-bond donors (Lipinski definition) is 2. The minimum atomic E-state index is -4.10. The SMILES string of the molecule is C=C(C)CCC(CCC(F)(F)F)NN. The highest BCUT2D eigenvalue weighted by Crippen LogP contribution is 2.23. The van der Waals surface area contributed by atoms with Gasteiger partial charge in [0.25, 0.3) is 0 Å². The Morgan fingerprint density at radius 2 is 2.00 bits per heavy atom. The van der Waals surface area contributed by atoms with Gasteiger partial charge in [0.1, 0.15) is 0 Å². The summed E-state index contributed by atoms with van der Waals surface area (Å²) in [5.41, 5.74) is 3.34. The van der Waals surface area contributed by atoms with E-state index in [4.69, 9.17) is 5.84 Å². The Labute approximate surface area is 82.3 Å². The van der Waals surface area contributed by atoms with Gasteiger partial charge in [0.2, 0.25) is 0 Å². The van der Waals surface area contributed by atoms with Crippen molar-refractivity contribution in [2.45, 2.75) is 44.8 Å². The Balaban J connectivity index is 3.74. The zero-order valence-corrected chi connectivity index (χ0v) is 8.32. The molecule has 0 aliphatic rings. The second-order valence-corrected chi connectivity index (χ2v) is 3.51. The first-order valence-electron chi connectivity index (χ1n) is 4.52. The molecule has 0 bridgehead atoms. The average molecular weight is 210 g/mol. The van der Waals surface area contributed by atoms with E-state index < -0.39 is 12.6 Å². The van der Waals surface area contributed by atoms with Crippen molar-refractivity contribution in [3.05, 3.63) is 12.2 Å². The minimum absolute atomic E-state index is 0.0211. The van der Waals surface area contributed by atoms with Gasteiger partial charge in [-0.1, -0.05) is 5.57 Å². The summed E-state index contributed by atoms with van der Waals surface area (Å²) < 4.78 is 35.6. The Kier molecular flexibility index (Phi) is 5.79. The van der Waals surface area contributed by atoms with Crippen LogP contribution < -0.4 is 11.3 Å². The fraction of sp³-hybridized carbons (Fsp3) is 0.778. The van der Waals surface area contributed by atoms with Gasteiger partial charge >= 0.3 is 6.18 Å². The molecule has 0 spiro atoms. The Morgan fingerprint density at radius 1 is 1.43 bits per heavy atom. The van der Waals surface area contributed by atoms with E-state index in [2.05, 4.69) is 12.0 Å². The normalized spacial score (nSPS) is 14.1. The summed E-state index contributed by atoms with van der Waals surface area (Å²) in [6, 6.07) is -0.284.